The number of nitrogens with one attached hydrogen (secondary N) is 2. The van der Waals surface area contributed by atoms with E-state index in [9.17, 15) is 15.2 Å². The van der Waals surface area contributed by atoms with Gasteiger partial charge in [-0.1, -0.05) is 30.3 Å². The highest BCUT2D eigenvalue weighted by Gasteiger charge is 2.26. The Hall–Kier alpha value is -4.98. The molecular weight excluding hydrogens is 632 g/mol. The predicted octanol–water partition coefficient (Wildman–Crippen LogP) is 5.91. The van der Waals surface area contributed by atoms with Crippen LogP contribution in [0.25, 0.3) is 0 Å². The topological polar surface area (TPSA) is 160 Å². The lowest BCUT2D eigenvalue weighted by molar-refractivity contribution is -0.386. The Morgan fingerprint density at radius 2 is 1.77 bits per heavy atom. The van der Waals surface area contributed by atoms with E-state index in [0.29, 0.717) is 23.6 Å². The summed E-state index contributed by atoms with van der Waals surface area (Å²) in [5.41, 5.74) is 4.51. The van der Waals surface area contributed by atoms with Gasteiger partial charge in [0.25, 0.3) is 0 Å². The first-order valence-corrected chi connectivity index (χ1v) is 14.6. The number of phenols is 1. The molecule has 5 rings (SSSR count). The second-order valence-electron chi connectivity index (χ2n) is 10.1. The number of anilines is 4. The molecule has 0 aliphatic carbocycles. The zero-order valence-corrected chi connectivity index (χ0v) is 25.7. The molecule has 4 aromatic rings. The maximum Gasteiger partial charge on any atom is 0.323 e. The van der Waals surface area contributed by atoms with E-state index in [-0.39, 0.29) is 27.5 Å². The van der Waals surface area contributed by atoms with Crippen LogP contribution in [-0.4, -0.2) is 58.5 Å². The van der Waals surface area contributed by atoms with Gasteiger partial charge in [-0.15, -0.1) is 0 Å². The number of phenolic OH excluding ortho intramolecular Hbond substituents is 1. The number of nitro benzene ring substituents is 1. The van der Waals surface area contributed by atoms with Crippen LogP contribution in [0.1, 0.15) is 24.0 Å². The fourth-order valence-electron chi connectivity index (χ4n) is 4.96. The quantitative estimate of drug-likeness (QED) is 0.0994. The molecule has 1 aliphatic heterocycles. The van der Waals surface area contributed by atoms with Crippen molar-refractivity contribution in [1.82, 2.24) is 15.0 Å². The number of aromatic hydroxyl groups is 1. The first kappa shape index (κ1) is 30.5. The van der Waals surface area contributed by atoms with Crippen molar-refractivity contribution in [3.63, 3.8) is 0 Å². The van der Waals surface area contributed by atoms with Crippen molar-refractivity contribution < 1.29 is 19.5 Å². The summed E-state index contributed by atoms with van der Waals surface area (Å²) in [4.78, 5) is 27.0. The van der Waals surface area contributed by atoms with Gasteiger partial charge in [0.2, 0.25) is 23.6 Å². The zero-order valence-electron chi connectivity index (χ0n) is 24.1. The third kappa shape index (κ3) is 7.32. The van der Waals surface area contributed by atoms with E-state index < -0.39 is 10.6 Å². The lowest BCUT2D eigenvalue weighted by Crippen LogP contribution is -2.35. The maximum atomic E-state index is 11.8. The van der Waals surface area contributed by atoms with Gasteiger partial charge in [-0.3, -0.25) is 10.1 Å². The fourth-order valence-corrected chi connectivity index (χ4v) is 5.39. The Bertz CT molecular complexity index is 1630. The summed E-state index contributed by atoms with van der Waals surface area (Å²) in [5.74, 6) is 1.53. The predicted molar refractivity (Wildman–Crippen MR) is 171 cm³/mol. The van der Waals surface area contributed by atoms with E-state index in [1.54, 1.807) is 7.11 Å². The number of methoxy groups -OCH3 is 2. The molecule has 228 valence electrons. The second-order valence-corrected chi connectivity index (χ2v) is 10.9. The number of nitrogens with zero attached hydrogens (tertiary/aromatic N) is 6. The first-order valence-electron chi connectivity index (χ1n) is 13.8. The Labute approximate surface area is 262 Å². The molecule has 14 heteroatoms. The normalized spacial score (nSPS) is 13.6. The third-order valence-corrected chi connectivity index (χ3v) is 7.81. The molecule has 0 saturated carbocycles. The molecule has 1 aliphatic rings. The highest BCUT2D eigenvalue weighted by Crippen LogP contribution is 2.43. The molecule has 2 heterocycles. The van der Waals surface area contributed by atoms with Crippen LogP contribution < -0.4 is 25.1 Å². The van der Waals surface area contributed by atoms with E-state index in [2.05, 4.69) is 75.9 Å². The van der Waals surface area contributed by atoms with Gasteiger partial charge in [-0.2, -0.15) is 20.1 Å². The first-order chi connectivity index (χ1) is 21.3. The minimum atomic E-state index is -0.647. The summed E-state index contributed by atoms with van der Waals surface area (Å²) < 4.78 is 10.5. The van der Waals surface area contributed by atoms with E-state index in [1.165, 1.54) is 25.0 Å². The smallest absolute Gasteiger partial charge is 0.323 e. The van der Waals surface area contributed by atoms with Crippen LogP contribution in [0.2, 0.25) is 0 Å². The largest absolute Gasteiger partial charge is 0.503 e. The molecule has 1 fully saturated rings. The van der Waals surface area contributed by atoms with Crippen molar-refractivity contribution in [3.05, 3.63) is 86.4 Å². The molecule has 0 amide bonds. The summed E-state index contributed by atoms with van der Waals surface area (Å²) >= 11 is 3.19. The van der Waals surface area contributed by atoms with Crippen LogP contribution in [0.5, 0.6) is 17.2 Å². The van der Waals surface area contributed by atoms with Crippen molar-refractivity contribution in [3.8, 4) is 17.2 Å². The lowest BCUT2D eigenvalue weighted by atomic mass is 9.90. The maximum absolute atomic E-state index is 11.8. The molecule has 44 heavy (non-hydrogen) atoms. The summed E-state index contributed by atoms with van der Waals surface area (Å²) in [6, 6.07) is 19.2. The fraction of sp³-hybridized carbons (Fsp3) is 0.267. The minimum Gasteiger partial charge on any atom is -0.503 e. The van der Waals surface area contributed by atoms with Crippen LogP contribution in [0.3, 0.4) is 0 Å². The van der Waals surface area contributed by atoms with E-state index in [1.807, 2.05) is 30.3 Å². The average Bonchev–Trinajstić information content (AvgIpc) is 3.03. The van der Waals surface area contributed by atoms with E-state index in [4.69, 9.17) is 9.47 Å². The van der Waals surface area contributed by atoms with Gasteiger partial charge in [0.05, 0.1) is 35.4 Å². The monoisotopic (exact) mass is 662 g/mol. The van der Waals surface area contributed by atoms with Crippen LogP contribution in [0, 0.1) is 16.0 Å². The number of rotatable bonds is 11. The number of hydrogen-bond donors (Lipinski definition) is 3. The number of aromatic nitrogens is 3. The number of piperidine rings is 1. The zero-order chi connectivity index (χ0) is 31.1. The molecule has 1 aromatic heterocycles. The molecule has 3 N–H and O–H groups in total. The number of ether oxygens (including phenoxy) is 2. The van der Waals surface area contributed by atoms with Gasteiger partial charge < -0.3 is 24.8 Å². The average molecular weight is 664 g/mol. The number of hydrazone groups is 1. The van der Waals surface area contributed by atoms with Gasteiger partial charge in [0.1, 0.15) is 5.75 Å². The molecule has 13 nitrogen and oxygen atoms in total. The van der Waals surface area contributed by atoms with Crippen molar-refractivity contribution in [2.24, 2.45) is 11.0 Å². The Kier molecular flexibility index (Phi) is 9.69. The molecule has 0 bridgehead atoms. The van der Waals surface area contributed by atoms with Crippen molar-refractivity contribution in [2.75, 3.05) is 43.0 Å². The van der Waals surface area contributed by atoms with Gasteiger partial charge in [-0.05, 0) is 77.0 Å². The number of hydrogen-bond acceptors (Lipinski definition) is 12. The summed E-state index contributed by atoms with van der Waals surface area (Å²) in [6.45, 7) is 1.56. The Balaban J connectivity index is 1.38. The van der Waals surface area contributed by atoms with Crippen LogP contribution in [0.15, 0.2) is 70.2 Å². The Morgan fingerprint density at radius 3 is 2.43 bits per heavy atom. The molecule has 3 aromatic carbocycles. The van der Waals surface area contributed by atoms with Crippen LogP contribution >= 0.6 is 15.9 Å². The van der Waals surface area contributed by atoms with Crippen LogP contribution in [-0.2, 0) is 6.42 Å². The molecule has 0 atom stereocenters. The third-order valence-electron chi connectivity index (χ3n) is 7.20. The van der Waals surface area contributed by atoms with Crippen molar-refractivity contribution >= 4 is 51.4 Å². The Morgan fingerprint density at radius 1 is 1.07 bits per heavy atom. The van der Waals surface area contributed by atoms with Crippen molar-refractivity contribution in [1.29, 1.82) is 0 Å². The van der Waals surface area contributed by atoms with Gasteiger partial charge in [-0.25, -0.2) is 5.43 Å². The van der Waals surface area contributed by atoms with Gasteiger partial charge in [0.15, 0.2) is 5.75 Å². The second kappa shape index (κ2) is 14.0. The summed E-state index contributed by atoms with van der Waals surface area (Å²) in [5, 5.41) is 29.3. The van der Waals surface area contributed by atoms with Crippen molar-refractivity contribution in [2.45, 2.75) is 19.3 Å². The standard InChI is InChI=1S/C30H31BrN8O5/c1-43-23-10-8-22(9-11-23)33-28-34-29(37-32-18-21-17-24(31)26(40)27(44-2)25(21)39(41)42)36-30(35-28)38-14-12-20(13-15-38)16-19-6-4-3-5-7-19/h3-11,17-18,20,40H,12-16H2,1-2H3,(H2,33,34,35,36,37)/b32-18-. The lowest BCUT2D eigenvalue weighted by Gasteiger charge is -2.32. The minimum absolute atomic E-state index is 0.0929. The molecule has 0 unspecified atom stereocenters. The van der Waals surface area contributed by atoms with Gasteiger partial charge in [0, 0.05) is 18.8 Å². The number of halogens is 1. The molecule has 1 saturated heterocycles. The van der Waals surface area contributed by atoms with Gasteiger partial charge >= 0.3 is 5.69 Å². The molecule has 0 radical (unpaired) electrons. The SMILES string of the molecule is COc1ccc(Nc2nc(N/N=C\c3cc(Br)c(O)c(OC)c3[N+](=O)[O-])nc(N3CCC(Cc4ccccc4)CC3)n2)cc1. The molecule has 0 spiro atoms. The highest BCUT2D eigenvalue weighted by molar-refractivity contribution is 9.10. The highest BCUT2D eigenvalue weighted by atomic mass is 79.9. The number of benzene rings is 3. The van der Waals surface area contributed by atoms with Crippen LogP contribution in [0.4, 0.5) is 29.2 Å². The summed E-state index contributed by atoms with van der Waals surface area (Å²) in [7, 11) is 2.84. The molecular formula is C30H31BrN8O5. The number of nitro groups is 1. The van der Waals surface area contributed by atoms with E-state index in [0.717, 1.165) is 38.0 Å². The van der Waals surface area contributed by atoms with E-state index >= 15 is 0 Å². The summed E-state index contributed by atoms with van der Waals surface area (Å²) in [6.07, 6.45) is 4.25.